The minimum atomic E-state index is -0.424. The second-order valence-electron chi connectivity index (χ2n) is 2.36. The Kier molecular flexibility index (Phi) is 3.08. The summed E-state index contributed by atoms with van der Waals surface area (Å²) in [7, 11) is 0. The first kappa shape index (κ1) is 7.94. The Balaban J connectivity index is 2.14. The molecule has 2 atom stereocenters. The van der Waals surface area contributed by atoms with Gasteiger partial charge in [0, 0.05) is 5.92 Å². The average molecular weight is 148 g/mol. The summed E-state index contributed by atoms with van der Waals surface area (Å²) < 4.78 is 9.66. The molecule has 0 unspecified atom stereocenters. The molecule has 0 radical (unpaired) electrons. The summed E-state index contributed by atoms with van der Waals surface area (Å²) in [4.78, 5) is 0. The molecule has 2 N–H and O–H groups in total. The maximum Gasteiger partial charge on any atom is 0.143 e. The quantitative estimate of drug-likeness (QED) is 0.502. The van der Waals surface area contributed by atoms with E-state index in [1.54, 1.807) is 0 Å². The molecule has 1 saturated heterocycles. The summed E-state index contributed by atoms with van der Waals surface area (Å²) >= 11 is 0. The summed E-state index contributed by atoms with van der Waals surface area (Å²) in [6.07, 6.45) is -0.424. The fraction of sp³-hybridized carbons (Fsp3) is 1.00. The van der Waals surface area contributed by atoms with Crippen molar-refractivity contribution in [3.8, 4) is 0 Å². The molecule has 0 aromatic rings. The standard InChI is InChI=1S/C6H12O4/c7-4-10-2-5-1-9-3-6(5)8/h5-8H,1-4H2/t5-,6+/m0/s1. The van der Waals surface area contributed by atoms with Crippen LogP contribution in [-0.2, 0) is 9.47 Å². The van der Waals surface area contributed by atoms with E-state index in [1.807, 2.05) is 0 Å². The smallest absolute Gasteiger partial charge is 0.143 e. The van der Waals surface area contributed by atoms with Gasteiger partial charge in [0.2, 0.25) is 0 Å². The van der Waals surface area contributed by atoms with Gasteiger partial charge in [-0.15, -0.1) is 0 Å². The van der Waals surface area contributed by atoms with Crippen LogP contribution in [0.1, 0.15) is 0 Å². The Morgan fingerprint density at radius 3 is 2.80 bits per heavy atom. The molecule has 0 saturated carbocycles. The average Bonchev–Trinajstić information content (AvgIpc) is 2.31. The van der Waals surface area contributed by atoms with Crippen LogP contribution in [0.25, 0.3) is 0 Å². The van der Waals surface area contributed by atoms with Crippen LogP contribution in [0.3, 0.4) is 0 Å². The highest BCUT2D eigenvalue weighted by Crippen LogP contribution is 2.12. The molecule has 1 heterocycles. The second kappa shape index (κ2) is 3.88. The highest BCUT2D eigenvalue weighted by atomic mass is 16.6. The minimum Gasteiger partial charge on any atom is -0.390 e. The SMILES string of the molecule is OCOC[C@@H]1COC[C@H]1O. The van der Waals surface area contributed by atoms with Gasteiger partial charge in [-0.25, -0.2) is 0 Å². The summed E-state index contributed by atoms with van der Waals surface area (Å²) in [5, 5.41) is 17.4. The van der Waals surface area contributed by atoms with Crippen molar-refractivity contribution in [2.24, 2.45) is 5.92 Å². The van der Waals surface area contributed by atoms with Gasteiger partial charge in [-0.2, -0.15) is 0 Å². The minimum absolute atomic E-state index is 0.0344. The monoisotopic (exact) mass is 148 g/mol. The number of hydrogen-bond donors (Lipinski definition) is 2. The first-order chi connectivity index (χ1) is 4.84. The normalized spacial score (nSPS) is 33.0. The first-order valence-electron chi connectivity index (χ1n) is 3.29. The lowest BCUT2D eigenvalue weighted by Crippen LogP contribution is -2.22. The van der Waals surface area contributed by atoms with Gasteiger partial charge < -0.3 is 19.7 Å². The van der Waals surface area contributed by atoms with Gasteiger partial charge in [-0.3, -0.25) is 0 Å². The van der Waals surface area contributed by atoms with Crippen LogP contribution in [-0.4, -0.2) is 42.9 Å². The lowest BCUT2D eigenvalue weighted by atomic mass is 10.1. The topological polar surface area (TPSA) is 58.9 Å². The van der Waals surface area contributed by atoms with Gasteiger partial charge in [0.05, 0.1) is 25.9 Å². The Morgan fingerprint density at radius 2 is 2.30 bits per heavy atom. The van der Waals surface area contributed by atoms with Crippen molar-refractivity contribution in [2.75, 3.05) is 26.6 Å². The molecule has 1 aliphatic heterocycles. The maximum atomic E-state index is 9.13. The lowest BCUT2D eigenvalue weighted by molar-refractivity contribution is -0.0312. The van der Waals surface area contributed by atoms with Crippen LogP contribution in [0.15, 0.2) is 0 Å². The number of ether oxygens (including phenoxy) is 2. The van der Waals surface area contributed by atoms with Crippen LogP contribution >= 0.6 is 0 Å². The van der Waals surface area contributed by atoms with Crippen molar-refractivity contribution < 1.29 is 19.7 Å². The summed E-state index contributed by atoms with van der Waals surface area (Å²) in [5.41, 5.74) is 0. The van der Waals surface area contributed by atoms with E-state index in [2.05, 4.69) is 0 Å². The second-order valence-corrected chi connectivity index (χ2v) is 2.36. The van der Waals surface area contributed by atoms with Crippen LogP contribution in [0.2, 0.25) is 0 Å². The highest BCUT2D eigenvalue weighted by molar-refractivity contribution is 4.72. The van der Waals surface area contributed by atoms with E-state index < -0.39 is 6.10 Å². The fourth-order valence-electron chi connectivity index (χ4n) is 0.951. The fourth-order valence-corrected chi connectivity index (χ4v) is 0.951. The molecule has 0 amide bonds. The van der Waals surface area contributed by atoms with Gasteiger partial charge in [-0.1, -0.05) is 0 Å². The highest BCUT2D eigenvalue weighted by Gasteiger charge is 2.25. The summed E-state index contributed by atoms with van der Waals surface area (Å²) in [6.45, 7) is 1.00. The number of aliphatic hydroxyl groups excluding tert-OH is 2. The number of aliphatic hydroxyl groups is 2. The molecule has 4 heteroatoms. The number of rotatable bonds is 3. The van der Waals surface area contributed by atoms with Crippen molar-refractivity contribution in [2.45, 2.75) is 6.10 Å². The molecule has 60 valence electrons. The van der Waals surface area contributed by atoms with E-state index in [1.165, 1.54) is 0 Å². The molecule has 10 heavy (non-hydrogen) atoms. The van der Waals surface area contributed by atoms with E-state index in [-0.39, 0.29) is 12.7 Å². The largest absolute Gasteiger partial charge is 0.390 e. The van der Waals surface area contributed by atoms with Gasteiger partial charge in [0.25, 0.3) is 0 Å². The zero-order valence-electron chi connectivity index (χ0n) is 5.69. The third kappa shape index (κ3) is 1.91. The van der Waals surface area contributed by atoms with E-state index >= 15 is 0 Å². The van der Waals surface area contributed by atoms with Gasteiger partial charge in [-0.05, 0) is 0 Å². The predicted octanol–water partition coefficient (Wildman–Crippen LogP) is -1.04. The Morgan fingerprint density at radius 1 is 1.50 bits per heavy atom. The third-order valence-electron chi connectivity index (χ3n) is 1.59. The molecular weight excluding hydrogens is 136 g/mol. The van der Waals surface area contributed by atoms with Crippen LogP contribution in [0.5, 0.6) is 0 Å². The van der Waals surface area contributed by atoms with E-state index in [0.717, 1.165) is 0 Å². The molecule has 0 aromatic carbocycles. The zero-order valence-corrected chi connectivity index (χ0v) is 5.69. The Bertz CT molecular complexity index is 95.7. The van der Waals surface area contributed by atoms with Crippen molar-refractivity contribution in [3.63, 3.8) is 0 Å². The molecule has 0 aliphatic carbocycles. The van der Waals surface area contributed by atoms with Gasteiger partial charge >= 0.3 is 0 Å². The third-order valence-corrected chi connectivity index (χ3v) is 1.59. The van der Waals surface area contributed by atoms with Crippen LogP contribution in [0.4, 0.5) is 0 Å². The summed E-state index contributed by atoms with van der Waals surface area (Å²) in [6, 6.07) is 0. The van der Waals surface area contributed by atoms with Crippen molar-refractivity contribution in [1.29, 1.82) is 0 Å². The van der Waals surface area contributed by atoms with Crippen LogP contribution < -0.4 is 0 Å². The Hall–Kier alpha value is -0.160. The Labute approximate surface area is 59.4 Å². The molecule has 1 fully saturated rings. The van der Waals surface area contributed by atoms with E-state index in [9.17, 15) is 0 Å². The predicted molar refractivity (Wildman–Crippen MR) is 33.4 cm³/mol. The molecule has 4 nitrogen and oxygen atoms in total. The molecule has 1 aliphatic rings. The molecule has 0 bridgehead atoms. The van der Waals surface area contributed by atoms with Crippen molar-refractivity contribution in [1.82, 2.24) is 0 Å². The first-order valence-corrected chi connectivity index (χ1v) is 3.29. The maximum absolute atomic E-state index is 9.13. The molecular formula is C6H12O4. The zero-order chi connectivity index (χ0) is 7.40. The molecule has 0 aromatic heterocycles. The van der Waals surface area contributed by atoms with Gasteiger partial charge in [0.1, 0.15) is 6.79 Å². The van der Waals surface area contributed by atoms with E-state index in [4.69, 9.17) is 19.7 Å². The number of hydrogen-bond acceptors (Lipinski definition) is 4. The molecule has 0 spiro atoms. The van der Waals surface area contributed by atoms with E-state index in [0.29, 0.717) is 19.8 Å². The molecule has 1 rings (SSSR count). The van der Waals surface area contributed by atoms with Crippen LogP contribution in [0, 0.1) is 5.92 Å². The van der Waals surface area contributed by atoms with Crippen molar-refractivity contribution >= 4 is 0 Å². The van der Waals surface area contributed by atoms with Crippen molar-refractivity contribution in [3.05, 3.63) is 0 Å². The lowest BCUT2D eigenvalue weighted by Gasteiger charge is -2.10. The summed E-state index contributed by atoms with van der Waals surface area (Å²) in [5.74, 6) is 0.0344. The van der Waals surface area contributed by atoms with Gasteiger partial charge in [0.15, 0.2) is 0 Å².